The van der Waals surface area contributed by atoms with Crippen molar-refractivity contribution < 1.29 is 5.21 Å². The van der Waals surface area contributed by atoms with Crippen LogP contribution in [0, 0.1) is 0 Å². The fourth-order valence-corrected chi connectivity index (χ4v) is 1.79. The molecule has 0 bridgehead atoms. The van der Waals surface area contributed by atoms with Crippen LogP contribution in [0.25, 0.3) is 0 Å². The Labute approximate surface area is 111 Å². The summed E-state index contributed by atoms with van der Waals surface area (Å²) in [5.41, 5.74) is 7.35. The average Bonchev–Trinajstić information content (AvgIpc) is 2.47. The lowest BCUT2D eigenvalue weighted by Crippen LogP contribution is -2.23. The molecule has 0 saturated carbocycles. The van der Waals surface area contributed by atoms with E-state index in [-0.39, 0.29) is 5.84 Å². The first kappa shape index (κ1) is 12.8. The van der Waals surface area contributed by atoms with Gasteiger partial charge in [-0.05, 0) is 29.8 Å². The Morgan fingerprint density at radius 2 is 2.05 bits per heavy atom. The number of nitrogens with zero attached hydrogens (tertiary/aromatic N) is 4. The number of aromatic nitrogens is 2. The van der Waals surface area contributed by atoms with Crippen LogP contribution in [-0.4, -0.2) is 28.1 Å². The summed E-state index contributed by atoms with van der Waals surface area (Å²) in [5.74, 6) is 0.708. The van der Waals surface area contributed by atoms with E-state index in [1.165, 1.54) is 0 Å². The predicted octanol–water partition coefficient (Wildman–Crippen LogP) is 1.21. The van der Waals surface area contributed by atoms with Gasteiger partial charge >= 0.3 is 0 Å². The molecular formula is C13H15N5O. The van der Waals surface area contributed by atoms with Gasteiger partial charge in [0.05, 0.1) is 5.56 Å². The van der Waals surface area contributed by atoms with Gasteiger partial charge in [-0.2, -0.15) is 0 Å². The van der Waals surface area contributed by atoms with Crippen molar-refractivity contribution in [3.05, 3.63) is 54.0 Å². The molecule has 6 heteroatoms. The van der Waals surface area contributed by atoms with Crippen LogP contribution in [0.4, 0.5) is 5.82 Å². The van der Waals surface area contributed by atoms with Gasteiger partial charge in [-0.1, -0.05) is 5.16 Å². The summed E-state index contributed by atoms with van der Waals surface area (Å²) in [7, 11) is 1.90. The van der Waals surface area contributed by atoms with E-state index < -0.39 is 0 Å². The molecule has 0 atom stereocenters. The molecule has 2 heterocycles. The van der Waals surface area contributed by atoms with E-state index in [1.54, 1.807) is 30.7 Å². The van der Waals surface area contributed by atoms with Gasteiger partial charge < -0.3 is 15.8 Å². The number of hydrogen-bond donors (Lipinski definition) is 2. The Hall–Kier alpha value is -2.63. The zero-order valence-corrected chi connectivity index (χ0v) is 10.6. The molecular weight excluding hydrogens is 242 g/mol. The fourth-order valence-electron chi connectivity index (χ4n) is 1.79. The minimum Gasteiger partial charge on any atom is -0.409 e. The summed E-state index contributed by atoms with van der Waals surface area (Å²) in [6.45, 7) is 0.658. The Balaban J connectivity index is 2.27. The first-order valence-electron chi connectivity index (χ1n) is 5.75. The number of amidine groups is 1. The highest BCUT2D eigenvalue weighted by Gasteiger charge is 2.12. The van der Waals surface area contributed by atoms with Crippen molar-refractivity contribution in [3.63, 3.8) is 0 Å². The van der Waals surface area contributed by atoms with Crippen LogP contribution >= 0.6 is 0 Å². The van der Waals surface area contributed by atoms with Gasteiger partial charge in [0.1, 0.15) is 5.82 Å². The average molecular weight is 257 g/mol. The number of hydrogen-bond acceptors (Lipinski definition) is 5. The summed E-state index contributed by atoms with van der Waals surface area (Å²) in [6.07, 6.45) is 5.16. The van der Waals surface area contributed by atoms with Crippen molar-refractivity contribution in [1.29, 1.82) is 0 Å². The molecule has 2 rings (SSSR count). The zero-order valence-electron chi connectivity index (χ0n) is 10.6. The molecule has 98 valence electrons. The minimum absolute atomic E-state index is 0.0460. The zero-order chi connectivity index (χ0) is 13.7. The van der Waals surface area contributed by atoms with Crippen LogP contribution < -0.4 is 10.6 Å². The topological polar surface area (TPSA) is 87.6 Å². The van der Waals surface area contributed by atoms with Crippen molar-refractivity contribution in [2.75, 3.05) is 11.9 Å². The number of nitrogens with two attached hydrogens (primary N) is 1. The third-order valence-corrected chi connectivity index (χ3v) is 2.70. The highest BCUT2D eigenvalue weighted by Crippen LogP contribution is 2.17. The van der Waals surface area contributed by atoms with Crippen LogP contribution in [0.5, 0.6) is 0 Å². The second kappa shape index (κ2) is 5.81. The van der Waals surface area contributed by atoms with Crippen LogP contribution in [0.2, 0.25) is 0 Å². The van der Waals surface area contributed by atoms with Gasteiger partial charge in [0, 0.05) is 32.2 Å². The highest BCUT2D eigenvalue weighted by molar-refractivity contribution is 6.01. The minimum atomic E-state index is 0.0460. The van der Waals surface area contributed by atoms with Gasteiger partial charge in [-0.25, -0.2) is 4.98 Å². The Morgan fingerprint density at radius 3 is 2.74 bits per heavy atom. The number of pyridine rings is 2. The summed E-state index contributed by atoms with van der Waals surface area (Å²) in [6, 6.07) is 7.38. The quantitative estimate of drug-likeness (QED) is 0.372. The van der Waals surface area contributed by atoms with Gasteiger partial charge in [-0.3, -0.25) is 4.98 Å². The van der Waals surface area contributed by atoms with E-state index in [0.717, 1.165) is 5.56 Å². The monoisotopic (exact) mass is 257 g/mol. The summed E-state index contributed by atoms with van der Waals surface area (Å²) in [5, 5.41) is 11.8. The third-order valence-electron chi connectivity index (χ3n) is 2.70. The lowest BCUT2D eigenvalue weighted by Gasteiger charge is -2.20. The first-order valence-corrected chi connectivity index (χ1v) is 5.75. The van der Waals surface area contributed by atoms with Gasteiger partial charge in [-0.15, -0.1) is 0 Å². The van der Waals surface area contributed by atoms with Crippen molar-refractivity contribution in [3.8, 4) is 0 Å². The highest BCUT2D eigenvalue weighted by atomic mass is 16.4. The molecule has 0 radical (unpaired) electrons. The lowest BCUT2D eigenvalue weighted by atomic mass is 10.2. The molecule has 0 saturated heterocycles. The van der Waals surface area contributed by atoms with E-state index in [2.05, 4.69) is 15.1 Å². The molecule has 0 fully saturated rings. The number of oxime groups is 1. The largest absolute Gasteiger partial charge is 0.409 e. The molecule has 0 amide bonds. The van der Waals surface area contributed by atoms with E-state index in [1.807, 2.05) is 24.1 Å². The molecule has 19 heavy (non-hydrogen) atoms. The standard InChI is InChI=1S/C13H15N5O/c1-18(9-10-4-7-15-8-5-10)13-11(12(14)17-19)3-2-6-16-13/h2-8,19H,9H2,1H3,(H2,14,17). The van der Waals surface area contributed by atoms with Crippen molar-refractivity contribution >= 4 is 11.7 Å². The molecule has 0 unspecified atom stereocenters. The van der Waals surface area contributed by atoms with Gasteiger partial charge in [0.15, 0.2) is 5.84 Å². The molecule has 0 aromatic carbocycles. The Morgan fingerprint density at radius 1 is 1.32 bits per heavy atom. The molecule has 2 aromatic rings. The lowest BCUT2D eigenvalue weighted by molar-refractivity contribution is 0.318. The summed E-state index contributed by atoms with van der Waals surface area (Å²) < 4.78 is 0. The van der Waals surface area contributed by atoms with E-state index in [0.29, 0.717) is 17.9 Å². The molecule has 0 spiro atoms. The second-order valence-corrected chi connectivity index (χ2v) is 4.07. The van der Waals surface area contributed by atoms with E-state index in [9.17, 15) is 0 Å². The van der Waals surface area contributed by atoms with Crippen LogP contribution in [0.1, 0.15) is 11.1 Å². The summed E-state index contributed by atoms with van der Waals surface area (Å²) in [4.78, 5) is 10.2. The van der Waals surface area contributed by atoms with Crippen LogP contribution in [-0.2, 0) is 6.54 Å². The summed E-state index contributed by atoms with van der Waals surface area (Å²) >= 11 is 0. The van der Waals surface area contributed by atoms with Crippen molar-refractivity contribution in [1.82, 2.24) is 9.97 Å². The maximum atomic E-state index is 8.79. The molecule has 3 N–H and O–H groups in total. The molecule has 0 aliphatic carbocycles. The number of rotatable bonds is 4. The molecule has 0 aliphatic heterocycles. The van der Waals surface area contributed by atoms with Gasteiger partial charge in [0.25, 0.3) is 0 Å². The van der Waals surface area contributed by atoms with Crippen molar-refractivity contribution in [2.24, 2.45) is 10.9 Å². The first-order chi connectivity index (χ1) is 9.22. The molecule has 6 nitrogen and oxygen atoms in total. The predicted molar refractivity (Wildman–Crippen MR) is 73.1 cm³/mol. The maximum Gasteiger partial charge on any atom is 0.173 e. The van der Waals surface area contributed by atoms with Crippen LogP contribution in [0.15, 0.2) is 48.0 Å². The van der Waals surface area contributed by atoms with Crippen molar-refractivity contribution in [2.45, 2.75) is 6.54 Å². The van der Waals surface area contributed by atoms with E-state index in [4.69, 9.17) is 10.9 Å². The Kier molecular flexibility index (Phi) is 3.92. The molecule has 0 aliphatic rings. The second-order valence-electron chi connectivity index (χ2n) is 4.07. The number of anilines is 1. The Bertz CT molecular complexity index is 570. The fraction of sp³-hybridized carbons (Fsp3) is 0.154. The normalized spacial score (nSPS) is 11.3. The SMILES string of the molecule is CN(Cc1ccncc1)c1ncccc1/C(N)=N/O. The smallest absolute Gasteiger partial charge is 0.173 e. The maximum absolute atomic E-state index is 8.79. The van der Waals surface area contributed by atoms with Gasteiger partial charge in [0.2, 0.25) is 0 Å². The molecule has 2 aromatic heterocycles. The van der Waals surface area contributed by atoms with E-state index >= 15 is 0 Å². The van der Waals surface area contributed by atoms with Crippen LogP contribution in [0.3, 0.4) is 0 Å². The third kappa shape index (κ3) is 2.98.